The van der Waals surface area contributed by atoms with Gasteiger partial charge in [0.05, 0.1) is 24.7 Å². The number of aromatic amines is 1. The molecule has 10 heteroatoms. The largest absolute Gasteiger partial charge is 0.465 e. The zero-order valence-corrected chi connectivity index (χ0v) is 16.3. The van der Waals surface area contributed by atoms with Gasteiger partial charge in [-0.3, -0.25) is 0 Å². The number of nitrogens with one attached hydrogen (secondary N) is 2. The van der Waals surface area contributed by atoms with E-state index in [0.717, 1.165) is 12.1 Å². The minimum Gasteiger partial charge on any atom is -0.465 e. The smallest absolute Gasteiger partial charge is 0.337 e. The third kappa shape index (κ3) is 3.72. The highest BCUT2D eigenvalue weighted by molar-refractivity contribution is 5.92. The van der Waals surface area contributed by atoms with Crippen molar-refractivity contribution in [2.24, 2.45) is 0 Å². The summed E-state index contributed by atoms with van der Waals surface area (Å²) in [6.45, 7) is 0.185. The lowest BCUT2D eigenvalue weighted by molar-refractivity contribution is 0.0600. The van der Waals surface area contributed by atoms with Gasteiger partial charge < -0.3 is 19.9 Å². The minimum atomic E-state index is -1.61. The van der Waals surface area contributed by atoms with Crippen LogP contribution in [0.25, 0.3) is 0 Å². The van der Waals surface area contributed by atoms with Crippen molar-refractivity contribution in [3.05, 3.63) is 82.7 Å². The molecule has 1 aliphatic heterocycles. The standard InChI is InChI=1S/C21H17F3N4O3/c1-31-20(29)11-2-4-12(5-3-11)27-21(30)28-9-8-15-18(26-10-25-15)19(28)13-6-7-14(22)17(24)16(13)23/h2-7,10,19H,8-9H2,1H3,(H,25,26)(H,27,30). The van der Waals surface area contributed by atoms with Crippen molar-refractivity contribution in [3.8, 4) is 0 Å². The average molecular weight is 430 g/mol. The van der Waals surface area contributed by atoms with Crippen LogP contribution in [-0.2, 0) is 11.2 Å². The van der Waals surface area contributed by atoms with Crippen molar-refractivity contribution in [1.29, 1.82) is 0 Å². The van der Waals surface area contributed by atoms with Gasteiger partial charge in [0.25, 0.3) is 0 Å². The van der Waals surface area contributed by atoms with Gasteiger partial charge in [0.2, 0.25) is 0 Å². The molecule has 2 amide bonds. The first-order valence-electron chi connectivity index (χ1n) is 9.32. The number of H-pyrrole nitrogens is 1. The molecule has 2 aromatic carbocycles. The zero-order chi connectivity index (χ0) is 22.1. The summed E-state index contributed by atoms with van der Waals surface area (Å²) in [4.78, 5) is 33.0. The van der Waals surface area contributed by atoms with Gasteiger partial charge in [0.1, 0.15) is 6.04 Å². The number of esters is 1. The van der Waals surface area contributed by atoms with Crippen molar-refractivity contribution in [2.45, 2.75) is 12.5 Å². The van der Waals surface area contributed by atoms with E-state index in [2.05, 4.69) is 20.0 Å². The first-order chi connectivity index (χ1) is 14.9. The number of imidazole rings is 1. The molecule has 7 nitrogen and oxygen atoms in total. The number of urea groups is 1. The van der Waals surface area contributed by atoms with Crippen molar-refractivity contribution < 1.29 is 27.5 Å². The Balaban J connectivity index is 1.66. The van der Waals surface area contributed by atoms with Crippen molar-refractivity contribution in [3.63, 3.8) is 0 Å². The van der Waals surface area contributed by atoms with E-state index in [1.54, 1.807) is 0 Å². The van der Waals surface area contributed by atoms with Gasteiger partial charge in [-0.2, -0.15) is 0 Å². The van der Waals surface area contributed by atoms with Gasteiger partial charge in [0, 0.05) is 29.9 Å². The molecule has 1 aliphatic rings. The number of amides is 2. The van der Waals surface area contributed by atoms with Crippen LogP contribution in [0.15, 0.2) is 42.7 Å². The molecule has 0 bridgehead atoms. The molecule has 0 saturated carbocycles. The number of aromatic nitrogens is 2. The summed E-state index contributed by atoms with van der Waals surface area (Å²) in [6, 6.07) is 6.27. The molecule has 1 aromatic heterocycles. The van der Waals surface area contributed by atoms with E-state index < -0.39 is 35.5 Å². The molecule has 1 atom stereocenters. The average Bonchev–Trinajstić information content (AvgIpc) is 3.26. The lowest BCUT2D eigenvalue weighted by Crippen LogP contribution is -2.43. The van der Waals surface area contributed by atoms with Crippen LogP contribution in [0.5, 0.6) is 0 Å². The molecular weight excluding hydrogens is 413 g/mol. The number of carbonyl (C=O) groups excluding carboxylic acids is 2. The molecule has 0 fully saturated rings. The first kappa shape index (κ1) is 20.5. The quantitative estimate of drug-likeness (QED) is 0.489. The second-order valence-corrected chi connectivity index (χ2v) is 6.88. The highest BCUT2D eigenvalue weighted by Crippen LogP contribution is 2.36. The summed E-state index contributed by atoms with van der Waals surface area (Å²) in [7, 11) is 1.26. The summed E-state index contributed by atoms with van der Waals surface area (Å²) < 4.78 is 46.6. The second kappa shape index (κ2) is 8.13. The van der Waals surface area contributed by atoms with Gasteiger partial charge in [-0.1, -0.05) is 6.07 Å². The third-order valence-electron chi connectivity index (χ3n) is 5.10. The van der Waals surface area contributed by atoms with Gasteiger partial charge in [0.15, 0.2) is 17.5 Å². The Labute approximate surface area is 174 Å². The Morgan fingerprint density at radius 3 is 2.58 bits per heavy atom. The van der Waals surface area contributed by atoms with Crippen LogP contribution >= 0.6 is 0 Å². The van der Waals surface area contributed by atoms with E-state index in [9.17, 15) is 22.8 Å². The van der Waals surface area contributed by atoms with Crippen LogP contribution in [0.2, 0.25) is 0 Å². The maximum atomic E-state index is 14.6. The van der Waals surface area contributed by atoms with Crippen LogP contribution in [0.4, 0.5) is 23.7 Å². The van der Waals surface area contributed by atoms with Crippen LogP contribution in [0.3, 0.4) is 0 Å². The summed E-state index contributed by atoms with van der Waals surface area (Å²) >= 11 is 0. The number of hydrogen-bond donors (Lipinski definition) is 2. The third-order valence-corrected chi connectivity index (χ3v) is 5.10. The van der Waals surface area contributed by atoms with Crippen LogP contribution in [-0.4, -0.2) is 40.5 Å². The van der Waals surface area contributed by atoms with E-state index in [-0.39, 0.29) is 12.1 Å². The van der Waals surface area contributed by atoms with Crippen molar-refractivity contribution >= 4 is 17.7 Å². The van der Waals surface area contributed by atoms with E-state index in [4.69, 9.17) is 0 Å². The van der Waals surface area contributed by atoms with E-state index >= 15 is 0 Å². The lowest BCUT2D eigenvalue weighted by atomic mass is 9.95. The molecule has 0 aliphatic carbocycles. The molecule has 0 saturated heterocycles. The summed E-state index contributed by atoms with van der Waals surface area (Å²) in [5.74, 6) is -4.82. The number of nitrogens with zero attached hydrogens (tertiary/aromatic N) is 2. The second-order valence-electron chi connectivity index (χ2n) is 6.88. The molecular formula is C21H17F3N4O3. The first-order valence-corrected chi connectivity index (χ1v) is 9.32. The fraction of sp³-hybridized carbons (Fsp3) is 0.190. The molecule has 160 valence electrons. The number of ether oxygens (including phenoxy) is 1. The van der Waals surface area contributed by atoms with Crippen molar-refractivity contribution in [1.82, 2.24) is 14.9 Å². The summed E-state index contributed by atoms with van der Waals surface area (Å²) in [5, 5.41) is 2.67. The predicted octanol–water partition coefficient (Wildman–Crippen LogP) is 3.79. The SMILES string of the molecule is COC(=O)c1ccc(NC(=O)N2CCc3[nH]cnc3C2c2ccc(F)c(F)c2F)cc1. The number of hydrogen-bond acceptors (Lipinski definition) is 4. The number of anilines is 1. The molecule has 3 aromatic rings. The maximum absolute atomic E-state index is 14.6. The normalized spacial score (nSPS) is 15.4. The molecule has 31 heavy (non-hydrogen) atoms. The Kier molecular flexibility index (Phi) is 5.37. The highest BCUT2D eigenvalue weighted by Gasteiger charge is 2.36. The molecule has 0 spiro atoms. The highest BCUT2D eigenvalue weighted by atomic mass is 19.2. The Hall–Kier alpha value is -3.82. The van der Waals surface area contributed by atoms with Crippen LogP contribution < -0.4 is 5.32 Å². The molecule has 2 N–H and O–H groups in total. The Morgan fingerprint density at radius 2 is 1.87 bits per heavy atom. The van der Waals surface area contributed by atoms with E-state index in [1.807, 2.05) is 0 Å². The van der Waals surface area contributed by atoms with Gasteiger partial charge in [-0.15, -0.1) is 0 Å². The maximum Gasteiger partial charge on any atom is 0.337 e. The molecule has 1 unspecified atom stereocenters. The topological polar surface area (TPSA) is 87.3 Å². The van der Waals surface area contributed by atoms with E-state index in [0.29, 0.717) is 29.1 Å². The number of halogens is 3. The minimum absolute atomic E-state index is 0.185. The predicted molar refractivity (Wildman–Crippen MR) is 104 cm³/mol. The Morgan fingerprint density at radius 1 is 1.13 bits per heavy atom. The number of methoxy groups -OCH3 is 1. The van der Waals surface area contributed by atoms with Crippen molar-refractivity contribution in [2.75, 3.05) is 19.0 Å². The van der Waals surface area contributed by atoms with Gasteiger partial charge in [-0.05, 0) is 30.3 Å². The number of fused-ring (bicyclic) bond motifs is 1. The fourth-order valence-corrected chi connectivity index (χ4v) is 3.57. The molecule has 4 rings (SSSR count). The lowest BCUT2D eigenvalue weighted by Gasteiger charge is -2.35. The zero-order valence-electron chi connectivity index (χ0n) is 16.3. The van der Waals surface area contributed by atoms with Crippen LogP contribution in [0, 0.1) is 17.5 Å². The fourth-order valence-electron chi connectivity index (χ4n) is 3.57. The van der Waals surface area contributed by atoms with E-state index in [1.165, 1.54) is 42.6 Å². The number of benzene rings is 2. The number of rotatable bonds is 3. The molecule has 2 heterocycles. The molecule has 0 radical (unpaired) electrons. The van der Waals surface area contributed by atoms with Gasteiger partial charge >= 0.3 is 12.0 Å². The summed E-state index contributed by atoms with van der Waals surface area (Å²) in [5.41, 5.74) is 1.52. The number of carbonyl (C=O) groups is 2. The Bertz CT molecular complexity index is 1150. The monoisotopic (exact) mass is 430 g/mol. The van der Waals surface area contributed by atoms with Gasteiger partial charge in [-0.25, -0.2) is 27.7 Å². The summed E-state index contributed by atoms with van der Waals surface area (Å²) in [6.07, 6.45) is 1.83. The van der Waals surface area contributed by atoms with Crippen LogP contribution in [0.1, 0.15) is 33.4 Å².